The smallest absolute Gasteiger partial charge is 0.140 e. The zero-order valence-electron chi connectivity index (χ0n) is 9.08. The van der Waals surface area contributed by atoms with E-state index < -0.39 is 17.5 Å². The fourth-order valence-electron chi connectivity index (χ4n) is 1.86. The normalized spacial score (nSPS) is 12.4. The van der Waals surface area contributed by atoms with Gasteiger partial charge in [-0.3, -0.25) is 0 Å². The second-order valence-electron chi connectivity index (χ2n) is 3.89. The highest BCUT2D eigenvalue weighted by molar-refractivity contribution is 5.78. The van der Waals surface area contributed by atoms with E-state index in [1.807, 2.05) is 0 Å². The molecule has 0 fully saturated rings. The molecule has 2 aromatic carbocycles. The van der Waals surface area contributed by atoms with Gasteiger partial charge in [0.1, 0.15) is 29.0 Å². The minimum Gasteiger partial charge on any atom is -0.456 e. The molecule has 0 bridgehead atoms. The van der Waals surface area contributed by atoms with E-state index in [0.29, 0.717) is 0 Å². The number of ether oxygens (including phenoxy) is 1. The van der Waals surface area contributed by atoms with Gasteiger partial charge < -0.3 is 4.74 Å². The van der Waals surface area contributed by atoms with Crippen LogP contribution in [0.1, 0.15) is 11.1 Å². The van der Waals surface area contributed by atoms with Crippen LogP contribution >= 0.6 is 0 Å². The van der Waals surface area contributed by atoms with Gasteiger partial charge in [-0.15, -0.1) is 0 Å². The number of fused-ring (bicyclic) bond motifs is 2. The lowest BCUT2D eigenvalue weighted by molar-refractivity contribution is 0.462. The van der Waals surface area contributed by atoms with E-state index in [1.54, 1.807) is 6.07 Å². The van der Waals surface area contributed by atoms with Crippen LogP contribution < -0.4 is 4.74 Å². The molecule has 0 N–H and O–H groups in total. The first-order chi connectivity index (χ1) is 8.65. The predicted molar refractivity (Wildman–Crippen MR) is 61.8 cm³/mol. The molecule has 0 radical (unpaired) electrons. The molecule has 0 saturated carbocycles. The first kappa shape index (κ1) is 10.9. The predicted octanol–water partition coefficient (Wildman–Crippen LogP) is 4.38. The first-order valence-electron chi connectivity index (χ1n) is 5.28. The summed E-state index contributed by atoms with van der Waals surface area (Å²) in [6, 6.07) is 6.13. The Labute approximate surface area is 101 Å². The van der Waals surface area contributed by atoms with Crippen LogP contribution in [0.15, 0.2) is 30.3 Å². The summed E-state index contributed by atoms with van der Waals surface area (Å²) in [5.74, 6) is -1.69. The minimum absolute atomic E-state index is 0.0353. The van der Waals surface area contributed by atoms with Crippen molar-refractivity contribution in [2.24, 2.45) is 0 Å². The lowest BCUT2D eigenvalue weighted by Crippen LogP contribution is -1.93. The van der Waals surface area contributed by atoms with E-state index in [2.05, 4.69) is 0 Å². The van der Waals surface area contributed by atoms with Gasteiger partial charge in [-0.2, -0.15) is 0 Å². The number of benzene rings is 2. The van der Waals surface area contributed by atoms with Crippen LogP contribution in [0.25, 0.3) is 12.2 Å². The van der Waals surface area contributed by atoms with Crippen molar-refractivity contribution >= 4 is 12.2 Å². The lowest BCUT2D eigenvalue weighted by atomic mass is 10.1. The summed E-state index contributed by atoms with van der Waals surface area (Å²) in [4.78, 5) is 0. The molecule has 0 amide bonds. The fraction of sp³-hybridized carbons (Fsp3) is 0. The van der Waals surface area contributed by atoms with Gasteiger partial charge in [-0.25, -0.2) is 13.2 Å². The Morgan fingerprint density at radius 1 is 0.778 bits per heavy atom. The molecule has 0 unspecified atom stereocenters. The topological polar surface area (TPSA) is 9.23 Å². The van der Waals surface area contributed by atoms with E-state index in [0.717, 1.165) is 12.1 Å². The molecule has 1 heterocycles. The highest BCUT2D eigenvalue weighted by Gasteiger charge is 2.17. The maximum atomic E-state index is 13.6. The molecule has 1 aliphatic rings. The van der Waals surface area contributed by atoms with E-state index in [-0.39, 0.29) is 22.6 Å². The van der Waals surface area contributed by atoms with Gasteiger partial charge in [0.2, 0.25) is 0 Å². The molecular weight excluding hydrogens is 241 g/mol. The zero-order chi connectivity index (χ0) is 12.7. The monoisotopic (exact) mass is 248 g/mol. The summed E-state index contributed by atoms with van der Waals surface area (Å²) in [7, 11) is 0. The van der Waals surface area contributed by atoms with Crippen molar-refractivity contribution in [3.8, 4) is 11.5 Å². The summed E-state index contributed by atoms with van der Waals surface area (Å²) in [6.07, 6.45) is 2.79. The fourth-order valence-corrected chi connectivity index (χ4v) is 1.86. The maximum absolute atomic E-state index is 13.6. The molecule has 4 heteroatoms. The second-order valence-corrected chi connectivity index (χ2v) is 3.89. The first-order valence-corrected chi connectivity index (χ1v) is 5.28. The van der Waals surface area contributed by atoms with Gasteiger partial charge in [0.15, 0.2) is 0 Å². The molecule has 90 valence electrons. The summed E-state index contributed by atoms with van der Waals surface area (Å²) in [5.41, 5.74) is 0.320. The second kappa shape index (κ2) is 3.91. The Bertz CT molecular complexity index is 662. The Balaban J connectivity index is 2.23. The third-order valence-corrected chi connectivity index (χ3v) is 2.71. The number of rotatable bonds is 0. The average molecular weight is 248 g/mol. The number of hydrogen-bond acceptors (Lipinski definition) is 1. The third kappa shape index (κ3) is 1.66. The Morgan fingerprint density at radius 3 is 2.28 bits per heavy atom. The van der Waals surface area contributed by atoms with Crippen LogP contribution in [0.4, 0.5) is 13.2 Å². The molecule has 0 aliphatic carbocycles. The van der Waals surface area contributed by atoms with E-state index in [9.17, 15) is 13.2 Å². The maximum Gasteiger partial charge on any atom is 0.140 e. The van der Waals surface area contributed by atoms with Crippen molar-refractivity contribution in [2.75, 3.05) is 0 Å². The summed E-state index contributed by atoms with van der Waals surface area (Å²) >= 11 is 0. The van der Waals surface area contributed by atoms with Crippen LogP contribution in [-0.2, 0) is 0 Å². The van der Waals surface area contributed by atoms with Gasteiger partial charge in [-0.1, -0.05) is 6.07 Å². The summed E-state index contributed by atoms with van der Waals surface area (Å²) < 4.78 is 45.6. The van der Waals surface area contributed by atoms with Crippen LogP contribution in [-0.4, -0.2) is 0 Å². The summed E-state index contributed by atoms with van der Waals surface area (Å²) in [6.45, 7) is 0. The molecule has 1 aliphatic heterocycles. The SMILES string of the molecule is Fc1cc(F)c2c(c1)Oc1cccc(F)c1C=C2. The quantitative estimate of drug-likeness (QED) is 0.573. The van der Waals surface area contributed by atoms with Crippen molar-refractivity contribution in [3.63, 3.8) is 0 Å². The lowest BCUT2D eigenvalue weighted by Gasteiger charge is -2.09. The van der Waals surface area contributed by atoms with Crippen LogP contribution in [0.5, 0.6) is 11.5 Å². The Kier molecular flexibility index (Phi) is 2.37. The standard InChI is InChI=1S/C14H7F3O/c15-8-6-12(17)10-5-4-9-11(16)2-1-3-13(9)18-14(10)7-8/h1-7H. The number of halogens is 3. The molecule has 2 aromatic rings. The van der Waals surface area contributed by atoms with Crippen molar-refractivity contribution in [1.82, 2.24) is 0 Å². The Morgan fingerprint density at radius 2 is 1.50 bits per heavy atom. The van der Waals surface area contributed by atoms with Gasteiger partial charge >= 0.3 is 0 Å². The van der Waals surface area contributed by atoms with Crippen molar-refractivity contribution in [2.45, 2.75) is 0 Å². The summed E-state index contributed by atoms with van der Waals surface area (Å²) in [5, 5.41) is 0. The number of hydrogen-bond donors (Lipinski definition) is 0. The van der Waals surface area contributed by atoms with Crippen molar-refractivity contribution in [1.29, 1.82) is 0 Å². The van der Waals surface area contributed by atoms with Gasteiger partial charge in [0, 0.05) is 12.1 Å². The Hall–Kier alpha value is -2.23. The molecule has 18 heavy (non-hydrogen) atoms. The van der Waals surface area contributed by atoms with Gasteiger partial charge in [-0.05, 0) is 24.3 Å². The van der Waals surface area contributed by atoms with Crippen molar-refractivity contribution in [3.05, 3.63) is 58.9 Å². The molecule has 0 atom stereocenters. The highest BCUT2D eigenvalue weighted by atomic mass is 19.1. The molecule has 0 spiro atoms. The van der Waals surface area contributed by atoms with E-state index in [4.69, 9.17) is 4.74 Å². The minimum atomic E-state index is -0.741. The highest BCUT2D eigenvalue weighted by Crippen LogP contribution is 2.36. The zero-order valence-corrected chi connectivity index (χ0v) is 9.08. The van der Waals surface area contributed by atoms with E-state index >= 15 is 0 Å². The largest absolute Gasteiger partial charge is 0.456 e. The molecule has 0 aromatic heterocycles. The molecule has 3 rings (SSSR count). The van der Waals surface area contributed by atoms with Crippen LogP contribution in [0, 0.1) is 17.5 Å². The van der Waals surface area contributed by atoms with Crippen LogP contribution in [0.2, 0.25) is 0 Å². The van der Waals surface area contributed by atoms with Crippen LogP contribution in [0.3, 0.4) is 0 Å². The average Bonchev–Trinajstić information content (AvgIpc) is 2.48. The van der Waals surface area contributed by atoms with Crippen molar-refractivity contribution < 1.29 is 17.9 Å². The third-order valence-electron chi connectivity index (χ3n) is 2.71. The molecule has 0 saturated heterocycles. The molecule has 1 nitrogen and oxygen atoms in total. The molecular formula is C14H7F3O. The van der Waals surface area contributed by atoms with Gasteiger partial charge in [0.25, 0.3) is 0 Å². The van der Waals surface area contributed by atoms with E-state index in [1.165, 1.54) is 24.3 Å². The van der Waals surface area contributed by atoms with Gasteiger partial charge in [0.05, 0.1) is 11.1 Å².